The van der Waals surface area contributed by atoms with Crippen molar-refractivity contribution in [2.45, 2.75) is 6.04 Å². The van der Waals surface area contributed by atoms with E-state index in [0.29, 0.717) is 6.04 Å². The van der Waals surface area contributed by atoms with Gasteiger partial charge < -0.3 is 10.2 Å². The van der Waals surface area contributed by atoms with Gasteiger partial charge in [-0.1, -0.05) is 60.1 Å². The Bertz CT molecular complexity index is 818. The molecule has 1 atom stereocenters. The van der Waals surface area contributed by atoms with Gasteiger partial charge in [-0.25, -0.2) is 4.98 Å². The van der Waals surface area contributed by atoms with Gasteiger partial charge in [0, 0.05) is 41.6 Å². The summed E-state index contributed by atoms with van der Waals surface area (Å²) in [6.07, 6.45) is 0. The zero-order chi connectivity index (χ0) is 16.4. The number of nitrogens with one attached hydrogen (secondary N) is 1. The molecule has 1 aromatic heterocycles. The molecule has 3 nitrogen and oxygen atoms in total. The van der Waals surface area contributed by atoms with Crippen LogP contribution in [-0.2, 0) is 0 Å². The third-order valence-electron chi connectivity index (χ3n) is 4.29. The second-order valence-electron chi connectivity index (χ2n) is 5.86. The normalized spacial score (nSPS) is 17.9. The van der Waals surface area contributed by atoms with E-state index >= 15 is 0 Å². The highest BCUT2D eigenvalue weighted by molar-refractivity contribution is 7.14. The van der Waals surface area contributed by atoms with E-state index < -0.39 is 0 Å². The second-order valence-corrected chi connectivity index (χ2v) is 7.10. The first-order chi connectivity index (χ1) is 11.8. The first-order valence-corrected chi connectivity index (χ1v) is 9.31. The zero-order valence-electron chi connectivity index (χ0n) is 13.2. The van der Waals surface area contributed by atoms with Crippen LogP contribution in [0.2, 0.25) is 5.02 Å². The molecular weight excluding hydrogens is 338 g/mol. The van der Waals surface area contributed by atoms with Crippen molar-refractivity contribution < 1.29 is 0 Å². The lowest BCUT2D eigenvalue weighted by Gasteiger charge is -2.33. The van der Waals surface area contributed by atoms with E-state index in [1.807, 2.05) is 24.3 Å². The number of piperazine rings is 1. The molecule has 1 aliphatic heterocycles. The minimum absolute atomic E-state index is 0.340. The van der Waals surface area contributed by atoms with Gasteiger partial charge in [-0.05, 0) is 11.6 Å². The summed E-state index contributed by atoms with van der Waals surface area (Å²) in [6, 6.07) is 18.8. The van der Waals surface area contributed by atoms with Crippen molar-refractivity contribution in [3.63, 3.8) is 0 Å². The monoisotopic (exact) mass is 355 g/mol. The molecule has 0 spiro atoms. The lowest BCUT2D eigenvalue weighted by molar-refractivity contribution is 0.471. The van der Waals surface area contributed by atoms with Crippen molar-refractivity contribution in [3.8, 4) is 11.3 Å². The van der Waals surface area contributed by atoms with Crippen LogP contribution in [-0.4, -0.2) is 24.6 Å². The average Bonchev–Trinajstić information content (AvgIpc) is 3.13. The molecule has 0 radical (unpaired) electrons. The van der Waals surface area contributed by atoms with Crippen molar-refractivity contribution in [1.29, 1.82) is 0 Å². The summed E-state index contributed by atoms with van der Waals surface area (Å²) < 4.78 is 0. The number of nitrogens with zero attached hydrogens (tertiary/aromatic N) is 2. The van der Waals surface area contributed by atoms with Gasteiger partial charge in [0.15, 0.2) is 5.13 Å². The van der Waals surface area contributed by atoms with Crippen LogP contribution in [0.25, 0.3) is 11.3 Å². The summed E-state index contributed by atoms with van der Waals surface area (Å²) in [5, 5.41) is 7.50. The van der Waals surface area contributed by atoms with Crippen LogP contribution < -0.4 is 10.2 Å². The number of rotatable bonds is 3. The summed E-state index contributed by atoms with van der Waals surface area (Å²) in [5.74, 6) is 0. The van der Waals surface area contributed by atoms with Crippen LogP contribution in [0.3, 0.4) is 0 Å². The van der Waals surface area contributed by atoms with E-state index in [9.17, 15) is 0 Å². The quantitative estimate of drug-likeness (QED) is 0.743. The van der Waals surface area contributed by atoms with Crippen molar-refractivity contribution >= 4 is 28.1 Å². The number of thiazole rings is 1. The fraction of sp³-hybridized carbons (Fsp3) is 0.211. The molecule has 1 saturated heterocycles. The van der Waals surface area contributed by atoms with Crippen molar-refractivity contribution in [2.75, 3.05) is 24.5 Å². The van der Waals surface area contributed by atoms with E-state index in [4.69, 9.17) is 16.6 Å². The Morgan fingerprint density at radius 2 is 1.88 bits per heavy atom. The Balaban J connectivity index is 1.55. The molecule has 2 aromatic carbocycles. The maximum Gasteiger partial charge on any atom is 0.185 e. The fourth-order valence-corrected chi connectivity index (χ4v) is 4.13. The van der Waals surface area contributed by atoms with Gasteiger partial charge in [0.05, 0.1) is 5.69 Å². The lowest BCUT2D eigenvalue weighted by Crippen LogP contribution is -2.45. The first kappa shape index (κ1) is 15.6. The van der Waals surface area contributed by atoms with E-state index in [1.54, 1.807) is 11.3 Å². The number of halogens is 1. The Hall–Kier alpha value is -1.88. The van der Waals surface area contributed by atoms with Crippen LogP contribution >= 0.6 is 22.9 Å². The number of benzene rings is 2. The highest BCUT2D eigenvalue weighted by Gasteiger charge is 2.23. The van der Waals surface area contributed by atoms with Crippen molar-refractivity contribution in [3.05, 3.63) is 70.6 Å². The molecule has 0 saturated carbocycles. The Kier molecular flexibility index (Phi) is 4.52. The van der Waals surface area contributed by atoms with Crippen LogP contribution in [0.15, 0.2) is 60.0 Å². The maximum atomic E-state index is 6.30. The minimum Gasteiger partial charge on any atom is -0.345 e. The van der Waals surface area contributed by atoms with Crippen molar-refractivity contribution in [2.24, 2.45) is 0 Å². The first-order valence-electron chi connectivity index (χ1n) is 8.05. The van der Waals surface area contributed by atoms with Gasteiger partial charge in [-0.3, -0.25) is 0 Å². The summed E-state index contributed by atoms with van der Waals surface area (Å²) in [6.45, 7) is 2.86. The van der Waals surface area contributed by atoms with Crippen LogP contribution in [0, 0.1) is 0 Å². The minimum atomic E-state index is 0.340. The van der Waals surface area contributed by atoms with Crippen molar-refractivity contribution in [1.82, 2.24) is 10.3 Å². The molecular formula is C19H18ClN3S. The predicted octanol–water partition coefficient (Wildman–Crippen LogP) is 4.61. The predicted molar refractivity (Wildman–Crippen MR) is 102 cm³/mol. The third-order valence-corrected chi connectivity index (χ3v) is 5.52. The fourth-order valence-electron chi connectivity index (χ4n) is 3.03. The van der Waals surface area contributed by atoms with E-state index in [-0.39, 0.29) is 0 Å². The number of anilines is 1. The molecule has 1 unspecified atom stereocenters. The molecule has 1 fully saturated rings. The van der Waals surface area contributed by atoms with Gasteiger partial charge in [0.25, 0.3) is 0 Å². The number of aromatic nitrogens is 1. The number of hydrogen-bond acceptors (Lipinski definition) is 4. The molecule has 3 aromatic rings. The molecule has 4 rings (SSSR count). The summed E-state index contributed by atoms with van der Waals surface area (Å²) in [5.41, 5.74) is 3.27. The van der Waals surface area contributed by atoms with Crippen LogP contribution in [0.4, 0.5) is 5.13 Å². The van der Waals surface area contributed by atoms with Gasteiger partial charge in [-0.2, -0.15) is 0 Å². The van der Waals surface area contributed by atoms with E-state index in [2.05, 4.69) is 45.9 Å². The molecule has 1 N–H and O–H groups in total. The Labute approximate surface area is 150 Å². The summed E-state index contributed by atoms with van der Waals surface area (Å²) in [4.78, 5) is 7.19. The molecule has 0 bridgehead atoms. The Morgan fingerprint density at radius 1 is 1.08 bits per heavy atom. The average molecular weight is 356 g/mol. The highest BCUT2D eigenvalue weighted by atomic mass is 35.5. The highest BCUT2D eigenvalue weighted by Crippen LogP contribution is 2.32. The Morgan fingerprint density at radius 3 is 2.71 bits per heavy atom. The standard InChI is InChI=1S/C19H18ClN3S/c20-16-9-5-4-8-15(16)18-13-24-19(22-18)23-11-10-21-17(12-23)14-6-2-1-3-7-14/h1-9,13,17,21H,10-12H2. The topological polar surface area (TPSA) is 28.2 Å². The number of hydrogen-bond donors (Lipinski definition) is 1. The van der Waals surface area contributed by atoms with Gasteiger partial charge >= 0.3 is 0 Å². The zero-order valence-corrected chi connectivity index (χ0v) is 14.7. The molecule has 0 amide bonds. The largest absolute Gasteiger partial charge is 0.345 e. The smallest absolute Gasteiger partial charge is 0.185 e. The van der Waals surface area contributed by atoms with E-state index in [0.717, 1.165) is 41.0 Å². The molecule has 24 heavy (non-hydrogen) atoms. The lowest BCUT2D eigenvalue weighted by atomic mass is 10.1. The van der Waals surface area contributed by atoms with Gasteiger partial charge in [-0.15, -0.1) is 11.3 Å². The maximum absolute atomic E-state index is 6.30. The summed E-state index contributed by atoms with van der Waals surface area (Å²) in [7, 11) is 0. The molecule has 122 valence electrons. The van der Waals surface area contributed by atoms with E-state index in [1.165, 1.54) is 5.56 Å². The second kappa shape index (κ2) is 6.93. The van der Waals surface area contributed by atoms with Gasteiger partial charge in [0.2, 0.25) is 0 Å². The summed E-state index contributed by atoms with van der Waals surface area (Å²) >= 11 is 7.98. The molecule has 2 heterocycles. The third kappa shape index (κ3) is 3.18. The van der Waals surface area contributed by atoms with Crippen LogP contribution in [0.5, 0.6) is 0 Å². The van der Waals surface area contributed by atoms with Gasteiger partial charge in [0.1, 0.15) is 0 Å². The molecule has 0 aliphatic carbocycles. The van der Waals surface area contributed by atoms with Crippen LogP contribution in [0.1, 0.15) is 11.6 Å². The molecule has 1 aliphatic rings. The molecule has 5 heteroatoms. The SMILES string of the molecule is Clc1ccccc1-c1csc(N2CCNC(c3ccccc3)C2)n1.